The van der Waals surface area contributed by atoms with Crippen LogP contribution in [0.25, 0.3) is 0 Å². The van der Waals surface area contributed by atoms with Crippen molar-refractivity contribution in [1.82, 2.24) is 0 Å². The van der Waals surface area contributed by atoms with Crippen molar-refractivity contribution >= 4 is 50.7 Å². The van der Waals surface area contributed by atoms with E-state index in [0.29, 0.717) is 20.3 Å². The van der Waals surface area contributed by atoms with Crippen LogP contribution in [0.5, 0.6) is 5.75 Å². The highest BCUT2D eigenvalue weighted by Gasteiger charge is 2.12. The van der Waals surface area contributed by atoms with Crippen LogP contribution in [0.15, 0.2) is 34.8 Å². The van der Waals surface area contributed by atoms with E-state index in [4.69, 9.17) is 27.9 Å². The molecule has 1 N–H and O–H groups in total. The molecule has 0 spiro atoms. The summed E-state index contributed by atoms with van der Waals surface area (Å²) in [5.74, 6) is 0.133. The molecule has 0 aliphatic carbocycles. The van der Waals surface area contributed by atoms with Crippen molar-refractivity contribution < 1.29 is 9.53 Å². The highest BCUT2D eigenvalue weighted by atomic mass is 79.9. The molecule has 0 heterocycles. The average molecular weight is 403 g/mol. The van der Waals surface area contributed by atoms with Gasteiger partial charge in [0.1, 0.15) is 0 Å². The van der Waals surface area contributed by atoms with Crippen molar-refractivity contribution in [3.63, 3.8) is 0 Å². The van der Waals surface area contributed by atoms with Crippen molar-refractivity contribution in [3.8, 4) is 5.75 Å². The molecule has 22 heavy (non-hydrogen) atoms. The second-order valence-corrected chi connectivity index (χ2v) is 6.55. The molecule has 0 saturated heterocycles. The molecule has 0 bridgehead atoms. The topological polar surface area (TPSA) is 38.3 Å². The van der Waals surface area contributed by atoms with Gasteiger partial charge in [-0.3, -0.25) is 4.79 Å². The molecule has 0 aliphatic rings. The maximum atomic E-state index is 12.0. The number of halogens is 3. The zero-order valence-electron chi connectivity index (χ0n) is 12.0. The van der Waals surface area contributed by atoms with Crippen LogP contribution in [-0.2, 0) is 4.79 Å². The van der Waals surface area contributed by atoms with Crippen LogP contribution in [0.4, 0.5) is 5.69 Å². The monoisotopic (exact) mass is 401 g/mol. The van der Waals surface area contributed by atoms with Crippen molar-refractivity contribution in [3.05, 3.63) is 56.0 Å². The molecular weight excluding hydrogens is 389 g/mol. The minimum atomic E-state index is -0.258. The zero-order chi connectivity index (χ0) is 16.3. The first kappa shape index (κ1) is 17.1. The first-order valence-electron chi connectivity index (χ1n) is 6.51. The number of nitrogens with one attached hydrogen (secondary N) is 1. The molecule has 0 atom stereocenters. The Morgan fingerprint density at radius 2 is 1.95 bits per heavy atom. The molecule has 2 rings (SSSR count). The summed E-state index contributed by atoms with van der Waals surface area (Å²) in [4.78, 5) is 12.0. The summed E-state index contributed by atoms with van der Waals surface area (Å²) in [6, 6.07) is 9.08. The van der Waals surface area contributed by atoms with Crippen molar-refractivity contribution in [2.45, 2.75) is 13.8 Å². The Morgan fingerprint density at radius 3 is 2.64 bits per heavy atom. The van der Waals surface area contributed by atoms with E-state index in [1.165, 1.54) is 0 Å². The van der Waals surface area contributed by atoms with Gasteiger partial charge in [-0.15, -0.1) is 0 Å². The highest BCUT2D eigenvalue weighted by Crippen LogP contribution is 2.36. The molecule has 0 unspecified atom stereocenters. The number of ether oxygens (including phenoxy) is 1. The normalized spacial score (nSPS) is 10.4. The van der Waals surface area contributed by atoms with E-state index in [1.54, 1.807) is 12.1 Å². The summed E-state index contributed by atoms with van der Waals surface area (Å²) < 4.78 is 6.08. The molecule has 0 fully saturated rings. The Hall–Kier alpha value is -1.23. The minimum Gasteiger partial charge on any atom is -0.481 e. The number of anilines is 1. The molecule has 6 heteroatoms. The average Bonchev–Trinajstić information content (AvgIpc) is 2.41. The molecule has 0 radical (unpaired) electrons. The molecule has 2 aromatic carbocycles. The van der Waals surface area contributed by atoms with Crippen LogP contribution in [0, 0.1) is 13.8 Å². The van der Waals surface area contributed by atoms with Crippen LogP contribution in [0.1, 0.15) is 11.1 Å². The summed E-state index contributed by atoms with van der Waals surface area (Å²) in [7, 11) is 0. The Balaban J connectivity index is 2.03. The van der Waals surface area contributed by atoms with Gasteiger partial charge >= 0.3 is 0 Å². The molecular formula is C16H14BrCl2NO2. The number of amides is 1. The summed E-state index contributed by atoms with van der Waals surface area (Å²) >= 11 is 15.2. The smallest absolute Gasteiger partial charge is 0.262 e. The Morgan fingerprint density at radius 1 is 1.23 bits per heavy atom. The first-order valence-corrected chi connectivity index (χ1v) is 8.06. The predicted molar refractivity (Wildman–Crippen MR) is 94.2 cm³/mol. The van der Waals surface area contributed by atoms with E-state index in [1.807, 2.05) is 32.0 Å². The van der Waals surface area contributed by atoms with E-state index < -0.39 is 0 Å². The fraction of sp³-hybridized carbons (Fsp3) is 0.188. The second kappa shape index (κ2) is 7.36. The van der Waals surface area contributed by atoms with Gasteiger partial charge < -0.3 is 10.1 Å². The van der Waals surface area contributed by atoms with E-state index in [9.17, 15) is 4.79 Å². The van der Waals surface area contributed by atoms with Gasteiger partial charge in [0.15, 0.2) is 12.4 Å². The third-order valence-electron chi connectivity index (χ3n) is 2.98. The first-order chi connectivity index (χ1) is 10.4. The van der Waals surface area contributed by atoms with E-state index in [2.05, 4.69) is 21.2 Å². The Labute approximate surface area is 147 Å². The van der Waals surface area contributed by atoms with Gasteiger partial charge in [-0.25, -0.2) is 0 Å². The van der Waals surface area contributed by atoms with Gasteiger partial charge in [0, 0.05) is 10.7 Å². The SMILES string of the molecule is Cc1ccc(C)c(NC(=O)COc2c(Cl)cc(Cl)cc2Br)c1. The fourth-order valence-electron chi connectivity index (χ4n) is 1.86. The number of aryl methyl sites for hydroxylation is 2. The number of benzene rings is 2. The lowest BCUT2D eigenvalue weighted by Crippen LogP contribution is -2.21. The van der Waals surface area contributed by atoms with Gasteiger partial charge in [0.05, 0.1) is 9.50 Å². The predicted octanol–water partition coefficient (Wildman–Crippen LogP) is 5.39. The summed E-state index contributed by atoms with van der Waals surface area (Å²) in [5.41, 5.74) is 2.84. The third kappa shape index (κ3) is 4.38. The molecule has 1 amide bonds. The standard InChI is InChI=1S/C16H14BrCl2NO2/c1-9-3-4-10(2)14(5-9)20-15(21)8-22-16-12(17)6-11(18)7-13(16)19/h3-7H,8H2,1-2H3,(H,20,21). The van der Waals surface area contributed by atoms with E-state index in [0.717, 1.165) is 16.8 Å². The van der Waals surface area contributed by atoms with E-state index >= 15 is 0 Å². The Kier molecular flexibility index (Phi) is 5.73. The van der Waals surface area contributed by atoms with Gasteiger partial charge in [0.2, 0.25) is 0 Å². The van der Waals surface area contributed by atoms with Gasteiger partial charge in [-0.1, -0.05) is 35.3 Å². The lowest BCUT2D eigenvalue weighted by atomic mass is 10.1. The largest absolute Gasteiger partial charge is 0.481 e. The number of hydrogen-bond donors (Lipinski definition) is 1. The minimum absolute atomic E-state index is 0.146. The van der Waals surface area contributed by atoms with Crippen LogP contribution in [-0.4, -0.2) is 12.5 Å². The van der Waals surface area contributed by atoms with Crippen molar-refractivity contribution in [2.75, 3.05) is 11.9 Å². The fourth-order valence-corrected chi connectivity index (χ4v) is 3.23. The third-order valence-corrected chi connectivity index (χ3v) is 4.07. The quantitative estimate of drug-likeness (QED) is 0.744. The lowest BCUT2D eigenvalue weighted by Gasteiger charge is -2.12. The van der Waals surface area contributed by atoms with Gasteiger partial charge in [-0.2, -0.15) is 0 Å². The van der Waals surface area contributed by atoms with Crippen molar-refractivity contribution in [2.24, 2.45) is 0 Å². The number of carbonyl (C=O) groups is 1. The van der Waals surface area contributed by atoms with Gasteiger partial charge in [-0.05, 0) is 59.1 Å². The summed E-state index contributed by atoms with van der Waals surface area (Å²) in [6.07, 6.45) is 0. The zero-order valence-corrected chi connectivity index (χ0v) is 15.1. The summed E-state index contributed by atoms with van der Waals surface area (Å²) in [6.45, 7) is 3.76. The molecule has 0 aromatic heterocycles. The second-order valence-electron chi connectivity index (χ2n) is 4.85. The molecule has 0 aliphatic heterocycles. The van der Waals surface area contributed by atoms with Crippen molar-refractivity contribution in [1.29, 1.82) is 0 Å². The summed E-state index contributed by atoms with van der Waals surface area (Å²) in [5, 5.41) is 3.66. The van der Waals surface area contributed by atoms with Crippen LogP contribution < -0.4 is 10.1 Å². The van der Waals surface area contributed by atoms with Gasteiger partial charge in [0.25, 0.3) is 5.91 Å². The number of rotatable bonds is 4. The van der Waals surface area contributed by atoms with E-state index in [-0.39, 0.29) is 12.5 Å². The number of hydrogen-bond acceptors (Lipinski definition) is 2. The maximum absolute atomic E-state index is 12.0. The maximum Gasteiger partial charge on any atom is 0.262 e. The van der Waals surface area contributed by atoms with Crippen LogP contribution in [0.3, 0.4) is 0 Å². The molecule has 2 aromatic rings. The molecule has 3 nitrogen and oxygen atoms in total. The lowest BCUT2D eigenvalue weighted by molar-refractivity contribution is -0.118. The molecule has 116 valence electrons. The Bertz CT molecular complexity index is 696. The molecule has 0 saturated carbocycles. The van der Waals surface area contributed by atoms with Crippen LogP contribution >= 0.6 is 39.1 Å². The van der Waals surface area contributed by atoms with Crippen LogP contribution in [0.2, 0.25) is 10.0 Å². The highest BCUT2D eigenvalue weighted by molar-refractivity contribution is 9.10. The number of carbonyl (C=O) groups excluding carboxylic acids is 1.